The molecule has 6 nitrogen and oxygen atoms in total. The first-order valence-electron chi connectivity index (χ1n) is 9.94. The van der Waals surface area contributed by atoms with Crippen molar-refractivity contribution in [1.82, 2.24) is 9.88 Å². The number of amidine groups is 1. The number of thiazole rings is 1. The minimum atomic E-state index is 0.131. The molecular formula is C21H27N5OS. The number of ether oxygens (including phenoxy) is 1. The summed E-state index contributed by atoms with van der Waals surface area (Å²) < 4.78 is 6.08. The number of likely N-dealkylation sites (tertiary alicyclic amines) is 1. The summed E-state index contributed by atoms with van der Waals surface area (Å²) in [5, 5.41) is 0.814. The van der Waals surface area contributed by atoms with Gasteiger partial charge in [-0.25, -0.2) is 9.98 Å². The van der Waals surface area contributed by atoms with Gasteiger partial charge in [0.25, 0.3) is 0 Å². The van der Waals surface area contributed by atoms with Crippen LogP contribution in [0.5, 0.6) is 5.75 Å². The molecule has 0 bridgehead atoms. The quantitative estimate of drug-likeness (QED) is 0.633. The van der Waals surface area contributed by atoms with E-state index in [4.69, 9.17) is 15.5 Å². The van der Waals surface area contributed by atoms with E-state index in [1.165, 1.54) is 42.7 Å². The van der Waals surface area contributed by atoms with Crippen LogP contribution in [0.25, 0.3) is 11.3 Å². The Morgan fingerprint density at radius 3 is 2.93 bits per heavy atom. The van der Waals surface area contributed by atoms with Gasteiger partial charge in [0.2, 0.25) is 0 Å². The molecule has 0 unspecified atom stereocenters. The van der Waals surface area contributed by atoms with Gasteiger partial charge in [0, 0.05) is 29.4 Å². The standard InChI is InChI=1S/C21H27N5OS/c1-14(2)24-20(23-13-22)21-25-19-16-6-5-15(12-26-8-3-4-9-26)11-17(16)27-10-7-18(19)28-21/h5-6,11,13-14H,3-4,7-10,12H2,1-2H3,(H2,22,23,24). The predicted molar refractivity (Wildman–Crippen MR) is 116 cm³/mol. The van der Waals surface area contributed by atoms with E-state index in [2.05, 4.69) is 33.1 Å². The van der Waals surface area contributed by atoms with Crippen LogP contribution in [0.1, 0.15) is 42.1 Å². The van der Waals surface area contributed by atoms with E-state index in [0.717, 1.165) is 35.0 Å². The van der Waals surface area contributed by atoms with Crippen molar-refractivity contribution in [2.45, 2.75) is 45.7 Å². The highest BCUT2D eigenvalue weighted by Crippen LogP contribution is 2.38. The summed E-state index contributed by atoms with van der Waals surface area (Å²) in [6.45, 7) is 8.08. The molecule has 0 saturated carbocycles. The summed E-state index contributed by atoms with van der Waals surface area (Å²) >= 11 is 1.63. The number of hydrogen-bond acceptors (Lipinski definition) is 5. The second kappa shape index (κ2) is 8.41. The second-order valence-electron chi connectivity index (χ2n) is 7.53. The number of aromatic nitrogens is 1. The van der Waals surface area contributed by atoms with Crippen molar-refractivity contribution in [3.63, 3.8) is 0 Å². The third kappa shape index (κ3) is 4.10. The number of hydrogen-bond donors (Lipinski definition) is 1. The first-order chi connectivity index (χ1) is 13.6. The lowest BCUT2D eigenvalue weighted by Gasteiger charge is -2.16. The lowest BCUT2D eigenvalue weighted by molar-refractivity contribution is 0.320. The third-order valence-electron chi connectivity index (χ3n) is 4.96. The smallest absolute Gasteiger partial charge is 0.185 e. The first-order valence-corrected chi connectivity index (χ1v) is 10.8. The van der Waals surface area contributed by atoms with Crippen molar-refractivity contribution in [2.24, 2.45) is 15.7 Å². The average Bonchev–Trinajstić information content (AvgIpc) is 3.28. The Hall–Kier alpha value is -2.25. The van der Waals surface area contributed by atoms with E-state index >= 15 is 0 Å². The van der Waals surface area contributed by atoms with Crippen molar-refractivity contribution < 1.29 is 4.74 Å². The van der Waals surface area contributed by atoms with Crippen molar-refractivity contribution in [2.75, 3.05) is 19.7 Å². The maximum absolute atomic E-state index is 6.08. The van der Waals surface area contributed by atoms with Crippen LogP contribution < -0.4 is 10.5 Å². The van der Waals surface area contributed by atoms with Gasteiger partial charge in [-0.05, 0) is 57.5 Å². The molecule has 3 heterocycles. The van der Waals surface area contributed by atoms with E-state index in [9.17, 15) is 0 Å². The van der Waals surface area contributed by atoms with Crippen molar-refractivity contribution in [3.05, 3.63) is 33.6 Å². The normalized spacial score (nSPS) is 17.6. The third-order valence-corrected chi connectivity index (χ3v) is 6.07. The fraction of sp³-hybridized carbons (Fsp3) is 0.476. The van der Waals surface area contributed by atoms with Gasteiger partial charge < -0.3 is 10.5 Å². The van der Waals surface area contributed by atoms with E-state index in [-0.39, 0.29) is 6.04 Å². The van der Waals surface area contributed by atoms with E-state index in [1.807, 2.05) is 13.8 Å². The largest absolute Gasteiger partial charge is 0.492 e. The van der Waals surface area contributed by atoms with Crippen LogP contribution >= 0.6 is 11.3 Å². The molecule has 7 heteroatoms. The summed E-state index contributed by atoms with van der Waals surface area (Å²) in [6, 6.07) is 6.67. The Labute approximate surface area is 170 Å². The van der Waals surface area contributed by atoms with Gasteiger partial charge in [-0.3, -0.25) is 9.89 Å². The molecule has 4 rings (SSSR count). The first kappa shape index (κ1) is 19.1. The molecular weight excluding hydrogens is 370 g/mol. The molecule has 2 aliphatic rings. The molecule has 148 valence electrons. The zero-order valence-electron chi connectivity index (χ0n) is 16.5. The summed E-state index contributed by atoms with van der Waals surface area (Å²) in [7, 11) is 0. The highest BCUT2D eigenvalue weighted by molar-refractivity contribution is 7.14. The Morgan fingerprint density at radius 1 is 1.36 bits per heavy atom. The topological polar surface area (TPSA) is 76.1 Å². The molecule has 0 spiro atoms. The van der Waals surface area contributed by atoms with Crippen LogP contribution in [-0.2, 0) is 13.0 Å². The van der Waals surface area contributed by atoms with Crippen molar-refractivity contribution >= 4 is 23.5 Å². The lowest BCUT2D eigenvalue weighted by Crippen LogP contribution is -2.18. The lowest BCUT2D eigenvalue weighted by atomic mass is 10.1. The molecule has 1 aromatic heterocycles. The maximum Gasteiger partial charge on any atom is 0.185 e. The zero-order valence-corrected chi connectivity index (χ0v) is 17.3. The molecule has 0 radical (unpaired) electrons. The molecule has 2 N–H and O–H groups in total. The Bertz CT molecular complexity index is 896. The molecule has 0 atom stereocenters. The van der Waals surface area contributed by atoms with Crippen LogP contribution in [0, 0.1) is 0 Å². The SMILES string of the molecule is CC(C)N=C(N=CN)c1nc2c(s1)CCOc1cc(CN3CCCC3)ccc1-2. The van der Waals surface area contributed by atoms with Crippen LogP contribution in [-0.4, -0.2) is 47.8 Å². The molecule has 1 fully saturated rings. The minimum absolute atomic E-state index is 0.131. The monoisotopic (exact) mass is 397 g/mol. The molecule has 28 heavy (non-hydrogen) atoms. The molecule has 0 amide bonds. The van der Waals surface area contributed by atoms with E-state index in [1.54, 1.807) is 11.3 Å². The summed E-state index contributed by atoms with van der Waals surface area (Å²) in [5.41, 5.74) is 8.88. The van der Waals surface area contributed by atoms with Crippen LogP contribution in [0.3, 0.4) is 0 Å². The van der Waals surface area contributed by atoms with E-state index < -0.39 is 0 Å². The Balaban J connectivity index is 1.67. The fourth-order valence-electron chi connectivity index (χ4n) is 3.72. The maximum atomic E-state index is 6.08. The average molecular weight is 398 g/mol. The number of fused-ring (bicyclic) bond motifs is 3. The van der Waals surface area contributed by atoms with Gasteiger partial charge >= 0.3 is 0 Å². The second-order valence-corrected chi connectivity index (χ2v) is 8.61. The van der Waals surface area contributed by atoms with Gasteiger partial charge in [-0.1, -0.05) is 6.07 Å². The number of nitrogens with zero attached hydrogens (tertiary/aromatic N) is 4. The van der Waals surface area contributed by atoms with E-state index in [0.29, 0.717) is 12.4 Å². The Kier molecular flexibility index (Phi) is 5.73. The molecule has 2 aliphatic heterocycles. The Morgan fingerprint density at radius 2 is 2.18 bits per heavy atom. The van der Waals surface area contributed by atoms with Crippen LogP contribution in [0.2, 0.25) is 0 Å². The predicted octanol–water partition coefficient (Wildman–Crippen LogP) is 3.48. The van der Waals surface area contributed by atoms with Gasteiger partial charge in [0.1, 0.15) is 5.75 Å². The van der Waals surface area contributed by atoms with Crippen molar-refractivity contribution in [1.29, 1.82) is 0 Å². The molecule has 1 aromatic carbocycles. The molecule has 1 saturated heterocycles. The van der Waals surface area contributed by atoms with Gasteiger partial charge in [0.05, 0.1) is 18.6 Å². The molecule has 2 aromatic rings. The van der Waals surface area contributed by atoms with Gasteiger partial charge in [-0.2, -0.15) is 0 Å². The summed E-state index contributed by atoms with van der Waals surface area (Å²) in [5.74, 6) is 1.53. The number of benzene rings is 1. The number of rotatable bonds is 4. The van der Waals surface area contributed by atoms with Gasteiger partial charge in [0.15, 0.2) is 10.8 Å². The summed E-state index contributed by atoms with van der Waals surface area (Å²) in [6.07, 6.45) is 4.73. The van der Waals surface area contributed by atoms with Crippen LogP contribution in [0.4, 0.5) is 0 Å². The molecule has 0 aliphatic carbocycles. The summed E-state index contributed by atoms with van der Waals surface area (Å²) in [4.78, 5) is 17.4. The number of nitrogens with two attached hydrogens (primary N) is 1. The van der Waals surface area contributed by atoms with Crippen molar-refractivity contribution in [3.8, 4) is 17.0 Å². The highest BCUT2D eigenvalue weighted by Gasteiger charge is 2.23. The number of aliphatic imine (C=N–C) groups is 2. The fourth-order valence-corrected chi connectivity index (χ4v) is 4.72. The minimum Gasteiger partial charge on any atom is -0.492 e. The zero-order chi connectivity index (χ0) is 19.5. The van der Waals surface area contributed by atoms with Gasteiger partial charge in [-0.15, -0.1) is 11.3 Å². The highest BCUT2D eigenvalue weighted by atomic mass is 32.1. The van der Waals surface area contributed by atoms with Crippen LogP contribution in [0.15, 0.2) is 28.2 Å².